The van der Waals surface area contributed by atoms with Crippen molar-refractivity contribution in [1.82, 2.24) is 0 Å². The highest BCUT2D eigenvalue weighted by Crippen LogP contribution is 2.35. The van der Waals surface area contributed by atoms with Crippen molar-refractivity contribution in [3.63, 3.8) is 0 Å². The van der Waals surface area contributed by atoms with Crippen LogP contribution in [0.2, 0.25) is 5.02 Å². The van der Waals surface area contributed by atoms with E-state index in [9.17, 15) is 0 Å². The second kappa shape index (κ2) is 6.64. The SMILES string of the molecule is CN=C(N)S[C@H](c1ccccc1)c1ccc(Cl)cc1. The Kier molecular flexibility index (Phi) is 4.88. The average Bonchev–Trinajstić information content (AvgIpc) is 2.46. The van der Waals surface area contributed by atoms with Crippen molar-refractivity contribution in [3.05, 3.63) is 70.7 Å². The maximum absolute atomic E-state index is 5.94. The van der Waals surface area contributed by atoms with Gasteiger partial charge < -0.3 is 5.73 Å². The number of halogens is 1. The highest BCUT2D eigenvalue weighted by molar-refractivity contribution is 8.14. The molecule has 2 rings (SSSR count). The molecule has 0 aromatic heterocycles. The van der Waals surface area contributed by atoms with Crippen LogP contribution >= 0.6 is 23.4 Å². The van der Waals surface area contributed by atoms with Crippen LogP contribution in [-0.2, 0) is 0 Å². The molecule has 98 valence electrons. The van der Waals surface area contributed by atoms with Crippen molar-refractivity contribution in [2.75, 3.05) is 7.05 Å². The molecule has 0 unspecified atom stereocenters. The Morgan fingerprint density at radius 2 is 1.63 bits per heavy atom. The zero-order valence-electron chi connectivity index (χ0n) is 10.6. The van der Waals surface area contributed by atoms with Crippen molar-refractivity contribution in [2.45, 2.75) is 5.25 Å². The van der Waals surface area contributed by atoms with Crippen LogP contribution in [0.1, 0.15) is 16.4 Å². The summed E-state index contributed by atoms with van der Waals surface area (Å²) in [4.78, 5) is 4.03. The minimum absolute atomic E-state index is 0.127. The van der Waals surface area contributed by atoms with Gasteiger partial charge in [-0.2, -0.15) is 0 Å². The maximum atomic E-state index is 5.94. The molecular formula is C15H15ClN2S. The molecule has 0 saturated carbocycles. The van der Waals surface area contributed by atoms with Gasteiger partial charge >= 0.3 is 0 Å². The lowest BCUT2D eigenvalue weighted by molar-refractivity contribution is 1.16. The largest absolute Gasteiger partial charge is 0.379 e. The van der Waals surface area contributed by atoms with E-state index < -0.39 is 0 Å². The fourth-order valence-electron chi connectivity index (χ4n) is 1.77. The van der Waals surface area contributed by atoms with Gasteiger partial charge in [-0.05, 0) is 23.3 Å². The Hall–Kier alpha value is -1.45. The Labute approximate surface area is 122 Å². The van der Waals surface area contributed by atoms with Gasteiger partial charge in [0.2, 0.25) is 0 Å². The zero-order chi connectivity index (χ0) is 13.7. The number of benzene rings is 2. The predicted molar refractivity (Wildman–Crippen MR) is 84.9 cm³/mol. The van der Waals surface area contributed by atoms with Crippen molar-refractivity contribution in [3.8, 4) is 0 Å². The van der Waals surface area contributed by atoms with E-state index in [0.29, 0.717) is 5.17 Å². The molecule has 0 bridgehead atoms. The van der Waals surface area contributed by atoms with Crippen LogP contribution in [0.3, 0.4) is 0 Å². The van der Waals surface area contributed by atoms with E-state index >= 15 is 0 Å². The first kappa shape index (κ1) is 14.0. The number of amidine groups is 1. The van der Waals surface area contributed by atoms with Gasteiger partial charge in [0.1, 0.15) is 0 Å². The van der Waals surface area contributed by atoms with Gasteiger partial charge in [0, 0.05) is 12.1 Å². The number of nitrogens with zero attached hydrogens (tertiary/aromatic N) is 1. The minimum Gasteiger partial charge on any atom is -0.379 e. The monoisotopic (exact) mass is 290 g/mol. The molecule has 0 heterocycles. The standard InChI is InChI=1S/C15H15ClN2S/c1-18-15(17)19-14(11-5-3-2-4-6-11)12-7-9-13(16)10-8-12/h2-10,14H,1H3,(H2,17,18)/t14-/m1/s1. The number of aliphatic imine (C=N–C) groups is 1. The van der Waals surface area contributed by atoms with Gasteiger partial charge in [-0.25, -0.2) is 0 Å². The number of thioether (sulfide) groups is 1. The highest BCUT2D eigenvalue weighted by Gasteiger charge is 2.16. The first-order chi connectivity index (χ1) is 9.20. The molecule has 0 aliphatic rings. The fourth-order valence-corrected chi connectivity index (χ4v) is 2.83. The normalized spacial score (nSPS) is 13.3. The molecular weight excluding hydrogens is 276 g/mol. The first-order valence-electron chi connectivity index (χ1n) is 5.90. The van der Waals surface area contributed by atoms with Crippen molar-refractivity contribution in [1.29, 1.82) is 0 Å². The molecule has 2 N–H and O–H groups in total. The first-order valence-corrected chi connectivity index (χ1v) is 7.16. The second-order valence-corrected chi connectivity index (χ2v) is 5.58. The number of rotatable bonds is 3. The summed E-state index contributed by atoms with van der Waals surface area (Å²) in [7, 11) is 1.70. The van der Waals surface area contributed by atoms with Gasteiger partial charge in [-0.3, -0.25) is 4.99 Å². The third-order valence-electron chi connectivity index (χ3n) is 2.73. The van der Waals surface area contributed by atoms with E-state index in [4.69, 9.17) is 17.3 Å². The molecule has 1 atom stereocenters. The molecule has 0 saturated heterocycles. The van der Waals surface area contributed by atoms with Crippen molar-refractivity contribution >= 4 is 28.5 Å². The predicted octanol–water partition coefficient (Wildman–Crippen LogP) is 4.11. The summed E-state index contributed by atoms with van der Waals surface area (Å²) in [5.41, 5.74) is 8.22. The summed E-state index contributed by atoms with van der Waals surface area (Å²) < 4.78 is 0. The van der Waals surface area contributed by atoms with Crippen LogP contribution < -0.4 is 5.73 Å². The summed E-state index contributed by atoms with van der Waals surface area (Å²) in [6.45, 7) is 0. The topological polar surface area (TPSA) is 38.4 Å². The summed E-state index contributed by atoms with van der Waals surface area (Å²) in [6.07, 6.45) is 0. The van der Waals surface area contributed by atoms with Gasteiger partial charge in [0.25, 0.3) is 0 Å². The smallest absolute Gasteiger partial charge is 0.154 e. The van der Waals surface area contributed by atoms with E-state index in [1.54, 1.807) is 18.8 Å². The Morgan fingerprint density at radius 1 is 1.05 bits per heavy atom. The van der Waals surface area contributed by atoms with E-state index in [1.807, 2.05) is 42.5 Å². The summed E-state index contributed by atoms with van der Waals surface area (Å²) in [5, 5.41) is 1.43. The number of hydrogen-bond acceptors (Lipinski definition) is 2. The Balaban J connectivity index is 2.37. The lowest BCUT2D eigenvalue weighted by atomic mass is 10.0. The molecule has 0 fully saturated rings. The molecule has 0 aliphatic carbocycles. The van der Waals surface area contributed by atoms with Gasteiger partial charge in [-0.15, -0.1) is 0 Å². The third kappa shape index (κ3) is 3.75. The molecule has 19 heavy (non-hydrogen) atoms. The van der Waals surface area contributed by atoms with E-state index in [2.05, 4.69) is 17.1 Å². The molecule has 2 aromatic carbocycles. The van der Waals surface area contributed by atoms with E-state index in [1.165, 1.54) is 5.56 Å². The maximum Gasteiger partial charge on any atom is 0.154 e. The average molecular weight is 291 g/mol. The van der Waals surface area contributed by atoms with Crippen LogP contribution in [0.15, 0.2) is 59.6 Å². The molecule has 0 aliphatic heterocycles. The summed E-state index contributed by atoms with van der Waals surface area (Å²) >= 11 is 7.48. The molecule has 0 amide bonds. The zero-order valence-corrected chi connectivity index (χ0v) is 12.2. The number of nitrogens with two attached hydrogens (primary N) is 1. The quantitative estimate of drug-likeness (QED) is 0.682. The molecule has 4 heteroatoms. The Morgan fingerprint density at radius 3 is 2.21 bits per heavy atom. The fraction of sp³-hybridized carbons (Fsp3) is 0.133. The van der Waals surface area contributed by atoms with Crippen molar-refractivity contribution in [2.24, 2.45) is 10.7 Å². The van der Waals surface area contributed by atoms with Crippen LogP contribution in [0.5, 0.6) is 0 Å². The number of hydrogen-bond donors (Lipinski definition) is 1. The third-order valence-corrected chi connectivity index (χ3v) is 4.19. The highest BCUT2D eigenvalue weighted by atomic mass is 35.5. The van der Waals surface area contributed by atoms with Crippen LogP contribution in [0, 0.1) is 0 Å². The lowest BCUT2D eigenvalue weighted by Gasteiger charge is -2.17. The lowest BCUT2D eigenvalue weighted by Crippen LogP contribution is -2.10. The van der Waals surface area contributed by atoms with E-state index in [0.717, 1.165) is 10.6 Å². The minimum atomic E-state index is 0.127. The molecule has 0 radical (unpaired) electrons. The van der Waals surface area contributed by atoms with E-state index in [-0.39, 0.29) is 5.25 Å². The second-order valence-electron chi connectivity index (χ2n) is 4.02. The van der Waals surface area contributed by atoms with Gasteiger partial charge in [0.05, 0.1) is 5.25 Å². The molecule has 2 nitrogen and oxygen atoms in total. The Bertz CT molecular complexity index is 552. The van der Waals surface area contributed by atoms with Crippen LogP contribution in [0.4, 0.5) is 0 Å². The van der Waals surface area contributed by atoms with Crippen LogP contribution in [0.25, 0.3) is 0 Å². The van der Waals surface area contributed by atoms with Gasteiger partial charge in [0.15, 0.2) is 5.17 Å². The van der Waals surface area contributed by atoms with Gasteiger partial charge in [-0.1, -0.05) is 65.8 Å². The summed E-state index contributed by atoms with van der Waals surface area (Å²) in [5.74, 6) is 0. The van der Waals surface area contributed by atoms with Crippen molar-refractivity contribution < 1.29 is 0 Å². The van der Waals surface area contributed by atoms with Crippen LogP contribution in [-0.4, -0.2) is 12.2 Å². The summed E-state index contributed by atoms with van der Waals surface area (Å²) in [6, 6.07) is 18.1. The molecule has 0 spiro atoms. The molecule has 2 aromatic rings.